The van der Waals surface area contributed by atoms with E-state index in [9.17, 15) is 0 Å². The van der Waals surface area contributed by atoms with Crippen LogP contribution in [0.5, 0.6) is 5.75 Å². The minimum atomic E-state index is 0.820. The second-order valence-electron chi connectivity index (χ2n) is 4.35. The van der Waals surface area contributed by atoms with Crippen molar-refractivity contribution in [1.82, 2.24) is 0 Å². The highest BCUT2D eigenvalue weighted by molar-refractivity contribution is 9.09. The molecule has 0 atom stereocenters. The van der Waals surface area contributed by atoms with Gasteiger partial charge in [-0.05, 0) is 43.4 Å². The number of alkyl halides is 1. The highest BCUT2D eigenvalue weighted by atomic mass is 79.9. The van der Waals surface area contributed by atoms with E-state index in [1.54, 1.807) is 0 Å². The second kappa shape index (κ2) is 9.52. The third kappa shape index (κ3) is 6.72. The van der Waals surface area contributed by atoms with E-state index in [0.29, 0.717) is 0 Å². The van der Waals surface area contributed by atoms with Crippen LogP contribution in [0.3, 0.4) is 0 Å². The molecule has 0 spiro atoms. The van der Waals surface area contributed by atoms with Gasteiger partial charge in [0.2, 0.25) is 0 Å². The van der Waals surface area contributed by atoms with E-state index < -0.39 is 0 Å². The van der Waals surface area contributed by atoms with Crippen LogP contribution in [0.25, 0.3) is 0 Å². The monoisotopic (exact) mass is 298 g/mol. The van der Waals surface area contributed by atoms with E-state index in [1.165, 1.54) is 37.7 Å². The lowest BCUT2D eigenvalue weighted by atomic mass is 10.1. The first-order valence-electron chi connectivity index (χ1n) is 6.64. The zero-order valence-electron chi connectivity index (χ0n) is 10.8. The summed E-state index contributed by atoms with van der Waals surface area (Å²) in [5.41, 5.74) is 1.42. The standard InChI is InChI=1S/C15H23BrO/c1-2-3-4-7-14-8-10-15(11-9-14)17-13-6-5-12-16/h8-11H,2-7,12-13H2,1H3. The van der Waals surface area contributed by atoms with E-state index in [4.69, 9.17) is 4.74 Å². The molecule has 2 heteroatoms. The molecule has 0 aromatic heterocycles. The molecule has 17 heavy (non-hydrogen) atoms. The molecular formula is C15H23BrO. The van der Waals surface area contributed by atoms with Crippen molar-refractivity contribution in [3.05, 3.63) is 29.8 Å². The normalized spacial score (nSPS) is 10.5. The van der Waals surface area contributed by atoms with Crippen molar-refractivity contribution in [2.45, 2.75) is 45.4 Å². The van der Waals surface area contributed by atoms with E-state index in [1.807, 2.05) is 0 Å². The zero-order valence-corrected chi connectivity index (χ0v) is 12.3. The lowest BCUT2D eigenvalue weighted by molar-refractivity contribution is 0.310. The van der Waals surface area contributed by atoms with Crippen molar-refractivity contribution >= 4 is 15.9 Å². The van der Waals surface area contributed by atoms with Gasteiger partial charge in [0.05, 0.1) is 6.61 Å². The molecule has 0 aliphatic heterocycles. The van der Waals surface area contributed by atoms with Crippen molar-refractivity contribution in [3.63, 3.8) is 0 Å². The van der Waals surface area contributed by atoms with Crippen LogP contribution < -0.4 is 4.74 Å². The Bertz CT molecular complexity index is 281. The fourth-order valence-electron chi connectivity index (χ4n) is 1.72. The molecule has 0 N–H and O–H groups in total. The molecule has 0 saturated heterocycles. The fourth-order valence-corrected chi connectivity index (χ4v) is 2.11. The smallest absolute Gasteiger partial charge is 0.119 e. The maximum atomic E-state index is 5.67. The Balaban J connectivity index is 2.24. The molecule has 0 fully saturated rings. The summed E-state index contributed by atoms with van der Waals surface area (Å²) >= 11 is 3.42. The van der Waals surface area contributed by atoms with Crippen LogP contribution in [-0.2, 0) is 6.42 Å². The maximum Gasteiger partial charge on any atom is 0.119 e. The van der Waals surface area contributed by atoms with Gasteiger partial charge in [-0.15, -0.1) is 0 Å². The van der Waals surface area contributed by atoms with Crippen molar-refractivity contribution in [1.29, 1.82) is 0 Å². The molecule has 0 aliphatic rings. The number of rotatable bonds is 9. The van der Waals surface area contributed by atoms with Crippen molar-refractivity contribution in [2.75, 3.05) is 11.9 Å². The van der Waals surface area contributed by atoms with Gasteiger partial charge in [-0.1, -0.05) is 47.8 Å². The molecule has 0 heterocycles. The number of unbranched alkanes of at least 4 members (excludes halogenated alkanes) is 3. The fraction of sp³-hybridized carbons (Fsp3) is 0.600. The molecule has 0 bridgehead atoms. The first-order chi connectivity index (χ1) is 8.36. The van der Waals surface area contributed by atoms with Gasteiger partial charge < -0.3 is 4.74 Å². The summed E-state index contributed by atoms with van der Waals surface area (Å²) in [7, 11) is 0. The molecule has 1 aromatic carbocycles. The van der Waals surface area contributed by atoms with Crippen LogP contribution >= 0.6 is 15.9 Å². The Morgan fingerprint density at radius 1 is 1.00 bits per heavy atom. The Labute approximate surface area is 114 Å². The first-order valence-corrected chi connectivity index (χ1v) is 7.76. The third-order valence-electron chi connectivity index (χ3n) is 2.79. The van der Waals surface area contributed by atoms with Gasteiger partial charge in [0, 0.05) is 5.33 Å². The Kier molecular flexibility index (Phi) is 8.16. The van der Waals surface area contributed by atoms with Gasteiger partial charge in [-0.2, -0.15) is 0 Å². The van der Waals surface area contributed by atoms with E-state index in [-0.39, 0.29) is 0 Å². The van der Waals surface area contributed by atoms with Gasteiger partial charge >= 0.3 is 0 Å². The Morgan fingerprint density at radius 3 is 2.41 bits per heavy atom. The lowest BCUT2D eigenvalue weighted by Crippen LogP contribution is -1.97. The SMILES string of the molecule is CCCCCc1ccc(OCCCCBr)cc1. The van der Waals surface area contributed by atoms with Gasteiger partial charge in [-0.25, -0.2) is 0 Å². The Hall–Kier alpha value is -0.500. The summed E-state index contributed by atoms with van der Waals surface area (Å²) in [6.07, 6.45) is 7.39. The van der Waals surface area contributed by atoms with E-state index in [2.05, 4.69) is 47.1 Å². The van der Waals surface area contributed by atoms with Gasteiger partial charge in [0.1, 0.15) is 5.75 Å². The minimum absolute atomic E-state index is 0.820. The largest absolute Gasteiger partial charge is 0.494 e. The van der Waals surface area contributed by atoms with Gasteiger partial charge in [0.15, 0.2) is 0 Å². The molecular weight excluding hydrogens is 276 g/mol. The van der Waals surface area contributed by atoms with Crippen molar-refractivity contribution in [2.24, 2.45) is 0 Å². The van der Waals surface area contributed by atoms with Crippen LogP contribution in [0.15, 0.2) is 24.3 Å². The molecule has 0 saturated carbocycles. The molecule has 96 valence electrons. The number of hydrogen-bond donors (Lipinski definition) is 0. The zero-order chi connectivity index (χ0) is 12.3. The van der Waals surface area contributed by atoms with Crippen LogP contribution in [0.4, 0.5) is 0 Å². The number of aryl methyl sites for hydroxylation is 1. The quantitative estimate of drug-likeness (QED) is 0.462. The molecule has 0 amide bonds. The average molecular weight is 299 g/mol. The highest BCUT2D eigenvalue weighted by Crippen LogP contribution is 2.14. The summed E-state index contributed by atoms with van der Waals surface area (Å²) in [5, 5.41) is 1.06. The predicted molar refractivity (Wildman–Crippen MR) is 78.2 cm³/mol. The molecule has 0 unspecified atom stereocenters. The molecule has 0 radical (unpaired) electrons. The maximum absolute atomic E-state index is 5.67. The Morgan fingerprint density at radius 2 is 1.76 bits per heavy atom. The van der Waals surface area contributed by atoms with Crippen LogP contribution in [0, 0.1) is 0 Å². The minimum Gasteiger partial charge on any atom is -0.494 e. The summed E-state index contributed by atoms with van der Waals surface area (Å²) in [6.45, 7) is 3.06. The highest BCUT2D eigenvalue weighted by Gasteiger charge is 1.96. The topological polar surface area (TPSA) is 9.23 Å². The molecule has 1 nitrogen and oxygen atoms in total. The second-order valence-corrected chi connectivity index (χ2v) is 5.14. The lowest BCUT2D eigenvalue weighted by Gasteiger charge is -2.06. The van der Waals surface area contributed by atoms with E-state index >= 15 is 0 Å². The van der Waals surface area contributed by atoms with Crippen LogP contribution in [-0.4, -0.2) is 11.9 Å². The average Bonchev–Trinajstić information content (AvgIpc) is 2.37. The van der Waals surface area contributed by atoms with Gasteiger partial charge in [-0.3, -0.25) is 0 Å². The number of ether oxygens (including phenoxy) is 1. The number of benzene rings is 1. The molecule has 1 rings (SSSR count). The summed E-state index contributed by atoms with van der Waals surface area (Å²) in [6, 6.07) is 8.57. The summed E-state index contributed by atoms with van der Waals surface area (Å²) < 4.78 is 5.67. The van der Waals surface area contributed by atoms with Crippen molar-refractivity contribution in [3.8, 4) is 5.75 Å². The number of halogens is 1. The first kappa shape index (κ1) is 14.6. The summed E-state index contributed by atoms with van der Waals surface area (Å²) in [5.74, 6) is 0.999. The van der Waals surface area contributed by atoms with Crippen LogP contribution in [0.2, 0.25) is 0 Å². The van der Waals surface area contributed by atoms with Crippen molar-refractivity contribution < 1.29 is 4.74 Å². The number of hydrogen-bond acceptors (Lipinski definition) is 1. The molecule has 1 aromatic rings. The van der Waals surface area contributed by atoms with E-state index in [0.717, 1.165) is 24.1 Å². The van der Waals surface area contributed by atoms with Crippen LogP contribution in [0.1, 0.15) is 44.6 Å². The summed E-state index contributed by atoms with van der Waals surface area (Å²) in [4.78, 5) is 0. The van der Waals surface area contributed by atoms with Gasteiger partial charge in [0.25, 0.3) is 0 Å². The molecule has 0 aliphatic carbocycles. The third-order valence-corrected chi connectivity index (χ3v) is 3.35. The predicted octanol–water partition coefficient (Wildman–Crippen LogP) is 4.97.